The highest BCUT2D eigenvalue weighted by molar-refractivity contribution is 5.70. The van der Waals surface area contributed by atoms with Gasteiger partial charge in [-0.1, -0.05) is 88.3 Å². The Morgan fingerprint density at radius 1 is 0.673 bits per heavy atom. The van der Waals surface area contributed by atoms with Crippen LogP contribution in [0.15, 0.2) is 12.1 Å². The molecule has 0 bridgehead atoms. The normalized spacial score (nSPS) is 19.9. The SMILES string of the molecule is CC(C)C.CC(Cc1cc(C(C)(C)C)c(O)c(C(C)(C)C)c1)C(=O)O.CCC(=O)O.CN1C(C)(C)CCCC1(C)C.CN1C(C)(C)CCCC1(C)C. The van der Waals surface area contributed by atoms with E-state index in [9.17, 15) is 14.7 Å². The van der Waals surface area contributed by atoms with Crippen molar-refractivity contribution in [1.29, 1.82) is 0 Å². The Labute approximate surface area is 322 Å². The number of nitrogens with zero attached hydrogens (tertiary/aromatic N) is 2. The summed E-state index contributed by atoms with van der Waals surface area (Å²) in [6.45, 7) is 40.9. The van der Waals surface area contributed by atoms with Gasteiger partial charge in [0.2, 0.25) is 0 Å². The maximum Gasteiger partial charge on any atom is 0.306 e. The molecule has 1 unspecified atom stereocenters. The highest BCUT2D eigenvalue weighted by atomic mass is 16.4. The molecule has 1 atom stereocenters. The van der Waals surface area contributed by atoms with E-state index in [0.29, 0.717) is 34.3 Å². The van der Waals surface area contributed by atoms with Gasteiger partial charge >= 0.3 is 11.9 Å². The molecule has 0 aliphatic carbocycles. The Morgan fingerprint density at radius 3 is 1.10 bits per heavy atom. The van der Waals surface area contributed by atoms with Crippen LogP contribution in [0.1, 0.15) is 193 Å². The number of aromatic hydroxyl groups is 1. The molecule has 2 fully saturated rings. The summed E-state index contributed by atoms with van der Waals surface area (Å²) in [5.41, 5.74) is 3.97. The van der Waals surface area contributed by atoms with Gasteiger partial charge in [-0.15, -0.1) is 0 Å². The van der Waals surface area contributed by atoms with Gasteiger partial charge in [0.15, 0.2) is 0 Å². The van der Waals surface area contributed by atoms with E-state index >= 15 is 0 Å². The van der Waals surface area contributed by atoms with Crippen LogP contribution in [0.3, 0.4) is 0 Å². The Hall–Kier alpha value is -2.12. The van der Waals surface area contributed by atoms with Gasteiger partial charge in [-0.3, -0.25) is 19.4 Å². The summed E-state index contributed by atoms with van der Waals surface area (Å²) in [7, 11) is 4.50. The molecule has 52 heavy (non-hydrogen) atoms. The standard InChI is InChI=1S/C18H28O3.2C10H21N.C4H10.C3H6O2/c1-11(16(20)21)8-12-9-13(17(2,3)4)15(19)14(10-12)18(5,6)7;2*1-9(2)7-6-8-10(3,4)11(9)5;1-4(2)3;1-2-3(4)5/h9-11,19H,8H2,1-7H3,(H,20,21);2*6-8H2,1-5H3;4H,1-3H3;2H2,1H3,(H,4,5). The van der Waals surface area contributed by atoms with Crippen molar-refractivity contribution in [3.05, 3.63) is 28.8 Å². The predicted octanol–water partition coefficient (Wildman–Crippen LogP) is 11.7. The molecule has 1 aromatic rings. The molecule has 2 aliphatic heterocycles. The Kier molecular flexibility index (Phi) is 20.5. The van der Waals surface area contributed by atoms with Crippen molar-refractivity contribution >= 4 is 11.9 Å². The van der Waals surface area contributed by atoms with E-state index in [1.807, 2.05) is 12.1 Å². The maximum atomic E-state index is 11.1. The van der Waals surface area contributed by atoms with E-state index in [2.05, 4.69) is 142 Å². The van der Waals surface area contributed by atoms with Crippen molar-refractivity contribution < 1.29 is 24.9 Å². The summed E-state index contributed by atoms with van der Waals surface area (Å²) < 4.78 is 0. The van der Waals surface area contributed by atoms with Crippen LogP contribution in [0.2, 0.25) is 0 Å². The lowest BCUT2D eigenvalue weighted by Gasteiger charge is -2.51. The minimum Gasteiger partial charge on any atom is -0.507 e. The van der Waals surface area contributed by atoms with Crippen LogP contribution in [0, 0.1) is 11.8 Å². The number of carbonyl (C=O) groups is 2. The molecule has 7 heteroatoms. The number of hydrogen-bond acceptors (Lipinski definition) is 5. The fraction of sp³-hybridized carbons (Fsp3) is 0.822. The van der Waals surface area contributed by atoms with Crippen LogP contribution in [0.25, 0.3) is 0 Å². The smallest absolute Gasteiger partial charge is 0.306 e. The number of likely N-dealkylation sites (tertiary alicyclic amines) is 2. The summed E-state index contributed by atoms with van der Waals surface area (Å²) in [4.78, 5) is 25.5. The van der Waals surface area contributed by atoms with E-state index in [0.717, 1.165) is 22.6 Å². The van der Waals surface area contributed by atoms with Gasteiger partial charge in [-0.2, -0.15) is 0 Å². The molecule has 306 valence electrons. The number of hydrogen-bond donors (Lipinski definition) is 3. The summed E-state index contributed by atoms with van der Waals surface area (Å²) in [6, 6.07) is 3.90. The molecule has 0 amide bonds. The Balaban J connectivity index is 0. The number of phenols is 1. The van der Waals surface area contributed by atoms with E-state index in [1.165, 1.54) is 38.5 Å². The average Bonchev–Trinajstić information content (AvgIpc) is 2.94. The van der Waals surface area contributed by atoms with Crippen LogP contribution in [-0.4, -0.2) is 73.3 Å². The quantitative estimate of drug-likeness (QED) is 0.283. The third kappa shape index (κ3) is 18.3. The maximum absolute atomic E-state index is 11.1. The molecular formula is C45H86N2O5. The van der Waals surface area contributed by atoms with Gasteiger partial charge in [0.25, 0.3) is 0 Å². The predicted molar refractivity (Wildman–Crippen MR) is 224 cm³/mol. The van der Waals surface area contributed by atoms with Crippen LogP contribution in [0.4, 0.5) is 0 Å². The number of piperidine rings is 2. The molecule has 7 nitrogen and oxygen atoms in total. The number of benzene rings is 1. The molecule has 0 aromatic heterocycles. The molecule has 1 aromatic carbocycles. The Bertz CT molecular complexity index is 1130. The first-order valence-electron chi connectivity index (χ1n) is 19.9. The van der Waals surface area contributed by atoms with Gasteiger partial charge in [0, 0.05) is 28.6 Å². The molecule has 2 heterocycles. The van der Waals surface area contributed by atoms with Crippen LogP contribution in [0.5, 0.6) is 5.75 Å². The second-order valence-corrected chi connectivity index (χ2v) is 20.5. The number of phenolic OH excluding ortho intramolecular Hbond substituents is 1. The first kappa shape index (κ1) is 52.0. The first-order valence-corrected chi connectivity index (χ1v) is 19.9. The van der Waals surface area contributed by atoms with Crippen LogP contribution in [-0.2, 0) is 26.8 Å². The third-order valence-electron chi connectivity index (χ3n) is 10.8. The average molecular weight is 735 g/mol. The van der Waals surface area contributed by atoms with Crippen LogP contribution >= 0.6 is 0 Å². The lowest BCUT2D eigenvalue weighted by Crippen LogP contribution is -2.56. The van der Waals surface area contributed by atoms with E-state index in [1.54, 1.807) is 13.8 Å². The Morgan fingerprint density at radius 2 is 0.923 bits per heavy atom. The first-order chi connectivity index (χ1) is 23.1. The molecule has 0 saturated carbocycles. The van der Waals surface area contributed by atoms with Gasteiger partial charge in [0.05, 0.1) is 5.92 Å². The largest absolute Gasteiger partial charge is 0.507 e. The van der Waals surface area contributed by atoms with E-state index in [4.69, 9.17) is 10.2 Å². The zero-order chi connectivity index (χ0) is 41.8. The lowest BCUT2D eigenvalue weighted by atomic mass is 9.77. The van der Waals surface area contributed by atoms with Gasteiger partial charge in [0.1, 0.15) is 5.75 Å². The summed E-state index contributed by atoms with van der Waals surface area (Å²) in [5.74, 6) is -0.806. The summed E-state index contributed by atoms with van der Waals surface area (Å²) in [6.07, 6.45) is 8.82. The fourth-order valence-electron chi connectivity index (χ4n) is 6.61. The highest BCUT2D eigenvalue weighted by Crippen LogP contribution is 2.40. The summed E-state index contributed by atoms with van der Waals surface area (Å²) in [5, 5.41) is 27.4. The highest BCUT2D eigenvalue weighted by Gasteiger charge is 2.39. The monoisotopic (exact) mass is 735 g/mol. The van der Waals surface area contributed by atoms with Crippen molar-refractivity contribution in [2.24, 2.45) is 11.8 Å². The van der Waals surface area contributed by atoms with Crippen molar-refractivity contribution in [2.45, 2.75) is 216 Å². The fourth-order valence-corrected chi connectivity index (χ4v) is 6.61. The molecule has 0 radical (unpaired) electrons. The second kappa shape index (κ2) is 20.5. The molecular weight excluding hydrogens is 649 g/mol. The van der Waals surface area contributed by atoms with Crippen LogP contribution < -0.4 is 0 Å². The van der Waals surface area contributed by atoms with Crippen molar-refractivity contribution in [2.75, 3.05) is 14.1 Å². The number of carboxylic acids is 2. The zero-order valence-electron chi connectivity index (χ0n) is 38.0. The molecule has 2 aliphatic rings. The summed E-state index contributed by atoms with van der Waals surface area (Å²) >= 11 is 0. The van der Waals surface area contributed by atoms with Gasteiger partial charge in [-0.25, -0.2) is 0 Å². The molecule has 3 rings (SSSR count). The molecule has 0 spiro atoms. The van der Waals surface area contributed by atoms with Crippen molar-refractivity contribution in [3.63, 3.8) is 0 Å². The van der Waals surface area contributed by atoms with Crippen molar-refractivity contribution in [3.8, 4) is 5.75 Å². The topological polar surface area (TPSA) is 101 Å². The molecule has 3 N–H and O–H groups in total. The third-order valence-corrected chi connectivity index (χ3v) is 10.8. The van der Waals surface area contributed by atoms with Gasteiger partial charge in [-0.05, 0) is 148 Å². The lowest BCUT2D eigenvalue weighted by molar-refractivity contribution is -0.141. The minimum absolute atomic E-state index is 0.188. The number of rotatable bonds is 4. The molecule has 2 saturated heterocycles. The zero-order valence-corrected chi connectivity index (χ0v) is 38.0. The number of carboxylic acid groups (broad SMARTS) is 2. The van der Waals surface area contributed by atoms with Gasteiger partial charge < -0.3 is 15.3 Å². The van der Waals surface area contributed by atoms with E-state index in [-0.39, 0.29) is 17.3 Å². The second-order valence-electron chi connectivity index (χ2n) is 20.5. The number of aliphatic carboxylic acids is 2. The minimum atomic E-state index is -0.794. The van der Waals surface area contributed by atoms with E-state index < -0.39 is 17.9 Å². The van der Waals surface area contributed by atoms with Crippen molar-refractivity contribution in [1.82, 2.24) is 9.80 Å².